The van der Waals surface area contributed by atoms with E-state index in [0.29, 0.717) is 12.5 Å². The summed E-state index contributed by atoms with van der Waals surface area (Å²) < 4.78 is 11.2. The number of hydrogen-bond donors (Lipinski definition) is 1. The summed E-state index contributed by atoms with van der Waals surface area (Å²) in [6.07, 6.45) is 2.40. The molecule has 1 aromatic heterocycles. The van der Waals surface area contributed by atoms with E-state index in [1.807, 2.05) is 56.4 Å². The lowest BCUT2D eigenvalue weighted by atomic mass is 10.0. The lowest BCUT2D eigenvalue weighted by Crippen LogP contribution is -2.38. The fraction of sp³-hybridized carbons (Fsp3) is 0.375. The van der Waals surface area contributed by atoms with Crippen LogP contribution < -0.4 is 10.1 Å². The van der Waals surface area contributed by atoms with Crippen LogP contribution in [0.1, 0.15) is 43.2 Å². The minimum absolute atomic E-state index is 0.0529. The highest BCUT2D eigenvalue weighted by Crippen LogP contribution is 2.41. The molecular formula is C24H28N2O3. The van der Waals surface area contributed by atoms with Crippen LogP contribution in [0.5, 0.6) is 5.75 Å². The molecule has 0 bridgehead atoms. The predicted octanol–water partition coefficient (Wildman–Crippen LogP) is 4.70. The van der Waals surface area contributed by atoms with Gasteiger partial charge in [-0.3, -0.25) is 4.79 Å². The molecule has 0 spiro atoms. The highest BCUT2D eigenvalue weighted by atomic mass is 16.5. The summed E-state index contributed by atoms with van der Waals surface area (Å²) in [6.45, 7) is 2.30. The number of furan rings is 1. The largest absolute Gasteiger partial charge is 0.497 e. The van der Waals surface area contributed by atoms with E-state index in [0.717, 1.165) is 22.5 Å². The fourth-order valence-electron chi connectivity index (χ4n) is 3.73. The van der Waals surface area contributed by atoms with Crippen LogP contribution in [0.15, 0.2) is 59.0 Å². The Morgan fingerprint density at radius 1 is 1.21 bits per heavy atom. The van der Waals surface area contributed by atoms with Crippen molar-refractivity contribution in [3.05, 3.63) is 65.9 Å². The third kappa shape index (κ3) is 4.30. The monoisotopic (exact) mass is 392 g/mol. The van der Waals surface area contributed by atoms with Crippen LogP contribution in [0, 0.1) is 5.92 Å². The van der Waals surface area contributed by atoms with E-state index in [1.165, 1.54) is 18.4 Å². The zero-order chi connectivity index (χ0) is 20.4. The molecule has 1 N–H and O–H groups in total. The van der Waals surface area contributed by atoms with Gasteiger partial charge in [-0.05, 0) is 55.5 Å². The Morgan fingerprint density at radius 3 is 2.59 bits per heavy atom. The maximum absolute atomic E-state index is 12.9. The van der Waals surface area contributed by atoms with Crippen LogP contribution in [-0.2, 0) is 4.79 Å². The number of rotatable bonds is 8. The number of carbonyl (C=O) groups excluding carboxylic acids is 1. The Labute approximate surface area is 171 Å². The Morgan fingerprint density at radius 2 is 1.93 bits per heavy atom. The SMILES string of the molecule is COc1ccc(C(NCC(=O)N(C)C(C)c2cc3ccccc3o2)C2CC2)cc1. The van der Waals surface area contributed by atoms with Gasteiger partial charge in [-0.2, -0.15) is 0 Å². The van der Waals surface area contributed by atoms with Crippen molar-refractivity contribution < 1.29 is 13.9 Å². The Kier molecular flexibility index (Phi) is 5.58. The number of nitrogens with one attached hydrogen (secondary N) is 1. The minimum Gasteiger partial charge on any atom is -0.497 e. The highest BCUT2D eigenvalue weighted by molar-refractivity contribution is 5.80. The van der Waals surface area contributed by atoms with E-state index in [9.17, 15) is 4.79 Å². The lowest BCUT2D eigenvalue weighted by molar-refractivity contribution is -0.131. The molecule has 0 radical (unpaired) electrons. The fourth-order valence-corrected chi connectivity index (χ4v) is 3.73. The van der Waals surface area contributed by atoms with Crippen LogP contribution in [0.25, 0.3) is 11.0 Å². The van der Waals surface area contributed by atoms with Gasteiger partial charge in [0, 0.05) is 18.5 Å². The summed E-state index contributed by atoms with van der Waals surface area (Å²) in [4.78, 5) is 14.6. The molecule has 2 atom stereocenters. The molecule has 1 heterocycles. The van der Waals surface area contributed by atoms with E-state index in [4.69, 9.17) is 9.15 Å². The Balaban J connectivity index is 1.40. The predicted molar refractivity (Wildman–Crippen MR) is 114 cm³/mol. The van der Waals surface area contributed by atoms with Gasteiger partial charge < -0.3 is 19.4 Å². The summed E-state index contributed by atoms with van der Waals surface area (Å²) in [7, 11) is 3.50. The molecule has 1 saturated carbocycles. The third-order valence-corrected chi connectivity index (χ3v) is 5.87. The van der Waals surface area contributed by atoms with Crippen LogP contribution in [0.3, 0.4) is 0 Å². The topological polar surface area (TPSA) is 54.7 Å². The van der Waals surface area contributed by atoms with E-state index in [2.05, 4.69) is 17.4 Å². The van der Waals surface area contributed by atoms with Gasteiger partial charge in [-0.15, -0.1) is 0 Å². The zero-order valence-corrected chi connectivity index (χ0v) is 17.2. The van der Waals surface area contributed by atoms with E-state index >= 15 is 0 Å². The number of likely N-dealkylation sites (N-methyl/N-ethyl adjacent to an activating group) is 1. The zero-order valence-electron chi connectivity index (χ0n) is 17.2. The van der Waals surface area contributed by atoms with Crippen molar-refractivity contribution in [2.24, 2.45) is 5.92 Å². The average Bonchev–Trinajstić information content (AvgIpc) is 3.50. The normalized spacial score (nSPS) is 15.8. The summed E-state index contributed by atoms with van der Waals surface area (Å²) in [5.74, 6) is 2.29. The molecular weight excluding hydrogens is 364 g/mol. The van der Waals surface area contributed by atoms with E-state index in [1.54, 1.807) is 12.0 Å². The molecule has 3 aromatic rings. The molecule has 1 aliphatic carbocycles. The molecule has 152 valence electrons. The molecule has 5 nitrogen and oxygen atoms in total. The lowest BCUT2D eigenvalue weighted by Gasteiger charge is -2.25. The number of methoxy groups -OCH3 is 1. The summed E-state index contributed by atoms with van der Waals surface area (Å²) in [6, 6.07) is 18.1. The Hall–Kier alpha value is -2.79. The molecule has 5 heteroatoms. The third-order valence-electron chi connectivity index (χ3n) is 5.87. The first-order chi connectivity index (χ1) is 14.1. The molecule has 4 rings (SSSR count). The minimum atomic E-state index is -0.128. The van der Waals surface area contributed by atoms with Gasteiger partial charge in [0.15, 0.2) is 0 Å². The van der Waals surface area contributed by atoms with Crippen LogP contribution in [0.4, 0.5) is 0 Å². The van der Waals surface area contributed by atoms with E-state index in [-0.39, 0.29) is 18.0 Å². The molecule has 1 aliphatic rings. The molecule has 0 aliphatic heterocycles. The van der Waals surface area contributed by atoms with Crippen molar-refractivity contribution in [3.63, 3.8) is 0 Å². The number of ether oxygens (including phenoxy) is 1. The average molecular weight is 392 g/mol. The maximum atomic E-state index is 12.9. The Bertz CT molecular complexity index is 942. The molecule has 2 unspecified atom stereocenters. The van der Waals surface area contributed by atoms with Crippen molar-refractivity contribution in [2.75, 3.05) is 20.7 Å². The number of amides is 1. The summed E-state index contributed by atoms with van der Waals surface area (Å²) in [5.41, 5.74) is 2.05. The number of hydrogen-bond acceptors (Lipinski definition) is 4. The first-order valence-corrected chi connectivity index (χ1v) is 10.2. The second-order valence-corrected chi connectivity index (χ2v) is 7.84. The van der Waals surface area contributed by atoms with Gasteiger partial charge in [-0.1, -0.05) is 30.3 Å². The van der Waals surface area contributed by atoms with Crippen molar-refractivity contribution in [1.82, 2.24) is 10.2 Å². The summed E-state index contributed by atoms with van der Waals surface area (Å²) in [5, 5.41) is 4.54. The highest BCUT2D eigenvalue weighted by Gasteiger charge is 2.33. The van der Waals surface area contributed by atoms with Crippen molar-refractivity contribution in [2.45, 2.75) is 31.8 Å². The second kappa shape index (κ2) is 8.29. The van der Waals surface area contributed by atoms with Crippen molar-refractivity contribution in [1.29, 1.82) is 0 Å². The van der Waals surface area contributed by atoms with Gasteiger partial charge in [0.2, 0.25) is 5.91 Å². The second-order valence-electron chi connectivity index (χ2n) is 7.84. The standard InChI is InChI=1S/C24H28N2O3/c1-16(22-14-19-6-4-5-7-21(19)29-22)26(2)23(27)15-25-24(17-8-9-17)18-10-12-20(28-3)13-11-18/h4-7,10-14,16-17,24-25H,8-9,15H2,1-3H3. The van der Waals surface area contributed by atoms with Gasteiger partial charge in [0.25, 0.3) is 0 Å². The van der Waals surface area contributed by atoms with Crippen LogP contribution >= 0.6 is 0 Å². The molecule has 29 heavy (non-hydrogen) atoms. The van der Waals surface area contributed by atoms with Crippen molar-refractivity contribution in [3.8, 4) is 5.75 Å². The first-order valence-electron chi connectivity index (χ1n) is 10.2. The molecule has 1 amide bonds. The van der Waals surface area contributed by atoms with Crippen LogP contribution in [-0.4, -0.2) is 31.5 Å². The smallest absolute Gasteiger partial charge is 0.236 e. The number of benzene rings is 2. The summed E-state index contributed by atoms with van der Waals surface area (Å²) >= 11 is 0. The number of para-hydroxylation sites is 1. The van der Waals surface area contributed by atoms with E-state index < -0.39 is 0 Å². The number of carbonyl (C=O) groups is 1. The first kappa shape index (κ1) is 19.5. The number of nitrogens with zero attached hydrogens (tertiary/aromatic N) is 1. The van der Waals surface area contributed by atoms with Crippen LogP contribution in [0.2, 0.25) is 0 Å². The maximum Gasteiger partial charge on any atom is 0.236 e. The van der Waals surface area contributed by atoms with Crippen molar-refractivity contribution >= 4 is 16.9 Å². The molecule has 1 fully saturated rings. The van der Waals surface area contributed by atoms with Gasteiger partial charge >= 0.3 is 0 Å². The number of fused-ring (bicyclic) bond motifs is 1. The molecule has 2 aromatic carbocycles. The quantitative estimate of drug-likeness (QED) is 0.604. The van der Waals surface area contributed by atoms with Gasteiger partial charge in [0.1, 0.15) is 17.1 Å². The van der Waals surface area contributed by atoms with Gasteiger partial charge in [-0.25, -0.2) is 0 Å². The van der Waals surface area contributed by atoms with Gasteiger partial charge in [0.05, 0.1) is 19.7 Å². The molecule has 0 saturated heterocycles.